The van der Waals surface area contributed by atoms with Gasteiger partial charge in [0, 0.05) is 19.2 Å². The number of hydrogen-bond donors (Lipinski definition) is 3. The summed E-state index contributed by atoms with van der Waals surface area (Å²) in [5.74, 6) is 0.532. The van der Waals surface area contributed by atoms with E-state index in [4.69, 9.17) is 0 Å². The average molecular weight is 384 g/mol. The lowest BCUT2D eigenvalue weighted by molar-refractivity contribution is -0.125. The van der Waals surface area contributed by atoms with Gasteiger partial charge in [-0.25, -0.2) is 9.98 Å². The number of thiazole rings is 1. The van der Waals surface area contributed by atoms with Crippen LogP contribution in [-0.2, 0) is 4.79 Å². The average Bonchev–Trinajstić information content (AvgIpc) is 3.19. The van der Waals surface area contributed by atoms with Gasteiger partial charge in [-0.05, 0) is 68.4 Å². The van der Waals surface area contributed by atoms with Crippen LogP contribution in [0.25, 0.3) is 16.5 Å². The highest BCUT2D eigenvalue weighted by Crippen LogP contribution is 2.30. The van der Waals surface area contributed by atoms with Gasteiger partial charge in [-0.3, -0.25) is 4.79 Å². The highest BCUT2D eigenvalue weighted by molar-refractivity contribution is 7.18. The van der Waals surface area contributed by atoms with E-state index in [1.54, 1.807) is 11.3 Å². The molecule has 1 amide bonds. The van der Waals surface area contributed by atoms with Crippen molar-refractivity contribution in [1.82, 2.24) is 15.6 Å². The lowest BCUT2D eigenvalue weighted by Gasteiger charge is -2.21. The molecule has 142 valence electrons. The first-order valence-electron chi connectivity index (χ1n) is 9.05. The van der Waals surface area contributed by atoms with Crippen LogP contribution in [-0.4, -0.2) is 37.7 Å². The van der Waals surface area contributed by atoms with E-state index in [0.29, 0.717) is 5.82 Å². The summed E-state index contributed by atoms with van der Waals surface area (Å²) >= 11 is 1.60. The topological polar surface area (TPSA) is 78.4 Å². The lowest BCUT2D eigenvalue weighted by Crippen LogP contribution is -2.37. The summed E-state index contributed by atoms with van der Waals surface area (Å²) < 4.78 is 0. The fourth-order valence-electron chi connectivity index (χ4n) is 3.05. The van der Waals surface area contributed by atoms with Gasteiger partial charge in [0.25, 0.3) is 0 Å². The second-order valence-electron chi connectivity index (χ2n) is 6.55. The zero-order valence-corrected chi connectivity index (χ0v) is 16.5. The number of aliphatic imine (C=N–C) groups is 1. The van der Waals surface area contributed by atoms with E-state index >= 15 is 0 Å². The largest absolute Gasteiger partial charge is 0.365 e. The van der Waals surface area contributed by atoms with Crippen molar-refractivity contribution in [1.29, 1.82) is 0 Å². The summed E-state index contributed by atoms with van der Waals surface area (Å²) in [5, 5.41) is 10.1. The van der Waals surface area contributed by atoms with Crippen molar-refractivity contribution < 1.29 is 4.79 Å². The first kappa shape index (κ1) is 19.3. The summed E-state index contributed by atoms with van der Waals surface area (Å²) in [6, 6.07) is 6.23. The Morgan fingerprint density at radius 1 is 1.41 bits per heavy atom. The number of carbonyl (C=O) groups is 1. The summed E-state index contributed by atoms with van der Waals surface area (Å²) in [5.41, 5.74) is 3.19. The Morgan fingerprint density at radius 3 is 2.85 bits per heavy atom. The second kappa shape index (κ2) is 8.92. The van der Waals surface area contributed by atoms with E-state index < -0.39 is 0 Å². The summed E-state index contributed by atoms with van der Waals surface area (Å²) in [6.45, 7) is 7.41. The number of anilines is 1. The molecule has 3 rings (SSSR count). The van der Waals surface area contributed by atoms with Crippen molar-refractivity contribution in [3.8, 4) is 10.4 Å². The maximum Gasteiger partial charge on any atom is 0.228 e. The van der Waals surface area contributed by atoms with Gasteiger partial charge < -0.3 is 16.0 Å². The monoisotopic (exact) mass is 383 g/mol. The van der Waals surface area contributed by atoms with Crippen LogP contribution in [0.15, 0.2) is 35.2 Å². The molecule has 1 aromatic heterocycles. The van der Waals surface area contributed by atoms with Crippen molar-refractivity contribution in [3.63, 3.8) is 0 Å². The molecule has 1 saturated heterocycles. The van der Waals surface area contributed by atoms with Gasteiger partial charge in [0.05, 0.1) is 4.88 Å². The number of carbonyl (C=O) groups excluding carboxylic acids is 1. The van der Waals surface area contributed by atoms with Crippen LogP contribution in [0.3, 0.4) is 0 Å². The van der Waals surface area contributed by atoms with Gasteiger partial charge in [0.15, 0.2) is 5.13 Å². The fourth-order valence-corrected chi connectivity index (χ4v) is 3.82. The Hall–Kier alpha value is -2.51. The molecule has 6 nitrogen and oxygen atoms in total. The molecule has 3 N–H and O–H groups in total. The second-order valence-corrected chi connectivity index (χ2v) is 7.58. The predicted molar refractivity (Wildman–Crippen MR) is 113 cm³/mol. The molecule has 0 bridgehead atoms. The Labute approximate surface area is 163 Å². The molecule has 2 aromatic rings. The van der Waals surface area contributed by atoms with Crippen molar-refractivity contribution in [2.75, 3.05) is 25.5 Å². The number of nitrogens with one attached hydrogen (secondary N) is 3. The molecule has 7 heteroatoms. The third kappa shape index (κ3) is 4.81. The van der Waals surface area contributed by atoms with E-state index in [1.165, 1.54) is 0 Å². The van der Waals surface area contributed by atoms with Crippen LogP contribution in [0, 0.1) is 12.8 Å². The number of aromatic nitrogens is 1. The normalized spacial score (nSPS) is 15.4. The van der Waals surface area contributed by atoms with E-state index in [0.717, 1.165) is 52.6 Å². The molecule has 0 atom stereocenters. The number of benzene rings is 1. The summed E-state index contributed by atoms with van der Waals surface area (Å²) in [6.07, 6.45) is 5.44. The molecule has 0 spiro atoms. The van der Waals surface area contributed by atoms with Gasteiger partial charge >= 0.3 is 0 Å². The molecule has 1 fully saturated rings. The van der Waals surface area contributed by atoms with Crippen LogP contribution in [0.1, 0.15) is 24.0 Å². The van der Waals surface area contributed by atoms with Crippen LogP contribution >= 0.6 is 11.3 Å². The first-order chi connectivity index (χ1) is 13.1. The third-order valence-corrected chi connectivity index (χ3v) is 5.77. The predicted octanol–water partition coefficient (Wildman–Crippen LogP) is 3.28. The standard InChI is InChI=1S/C20H25N5OS/c1-13-4-5-15(17-12-24-20(22-3)27-17)10-16(13)11-18(21-2)25-19(26)14-6-8-23-9-7-14/h4-5,10-12,14,23H,2,6-9H2,1,3H3,(H,22,24)(H,25,26)/b18-11+. The van der Waals surface area contributed by atoms with Crippen LogP contribution in [0.5, 0.6) is 0 Å². The molecule has 1 aliphatic rings. The minimum absolute atomic E-state index is 0.0186. The number of hydrogen-bond acceptors (Lipinski definition) is 6. The SMILES string of the molecule is C=N/C(=C\c1cc(-c2cnc(NC)s2)ccc1C)NC(=O)C1CCNCC1. The Morgan fingerprint density at radius 2 is 2.19 bits per heavy atom. The van der Waals surface area contributed by atoms with Gasteiger partial charge in [-0.15, -0.1) is 0 Å². The lowest BCUT2D eigenvalue weighted by atomic mass is 9.97. The third-order valence-electron chi connectivity index (χ3n) is 4.71. The minimum Gasteiger partial charge on any atom is -0.365 e. The van der Waals surface area contributed by atoms with Gasteiger partial charge in [0.1, 0.15) is 5.82 Å². The number of amides is 1. The minimum atomic E-state index is 0.0186. The molecule has 2 heterocycles. The highest BCUT2D eigenvalue weighted by Gasteiger charge is 2.21. The zero-order valence-electron chi connectivity index (χ0n) is 15.7. The maximum atomic E-state index is 12.5. The molecule has 0 aliphatic carbocycles. The van der Waals surface area contributed by atoms with E-state index in [9.17, 15) is 4.79 Å². The van der Waals surface area contributed by atoms with Crippen LogP contribution < -0.4 is 16.0 Å². The molecule has 0 radical (unpaired) electrons. The summed E-state index contributed by atoms with van der Waals surface area (Å²) in [4.78, 5) is 21.9. The number of nitrogens with zero attached hydrogens (tertiary/aromatic N) is 2. The van der Waals surface area contributed by atoms with Gasteiger partial charge in [-0.1, -0.05) is 23.5 Å². The van der Waals surface area contributed by atoms with E-state index in [2.05, 4.69) is 50.8 Å². The van der Waals surface area contributed by atoms with Crippen LogP contribution in [0.4, 0.5) is 5.13 Å². The maximum absolute atomic E-state index is 12.5. The molecule has 0 saturated carbocycles. The van der Waals surface area contributed by atoms with Crippen LogP contribution in [0.2, 0.25) is 0 Å². The Balaban J connectivity index is 1.81. The smallest absolute Gasteiger partial charge is 0.228 e. The van der Waals surface area contributed by atoms with E-state index in [1.807, 2.05) is 26.2 Å². The quantitative estimate of drug-likeness (QED) is 0.669. The fraction of sp³-hybridized carbons (Fsp3) is 0.350. The molecule has 0 unspecified atom stereocenters. The molecule has 1 aliphatic heterocycles. The van der Waals surface area contributed by atoms with Crippen molar-refractivity contribution in [2.45, 2.75) is 19.8 Å². The molecular formula is C20H25N5OS. The van der Waals surface area contributed by atoms with Crippen molar-refractivity contribution in [3.05, 3.63) is 41.3 Å². The van der Waals surface area contributed by atoms with Crippen molar-refractivity contribution in [2.24, 2.45) is 10.9 Å². The van der Waals surface area contributed by atoms with E-state index in [-0.39, 0.29) is 11.8 Å². The number of piperidine rings is 1. The Kier molecular flexibility index (Phi) is 6.36. The first-order valence-corrected chi connectivity index (χ1v) is 9.87. The molecule has 1 aromatic carbocycles. The zero-order chi connectivity index (χ0) is 19.2. The number of aryl methyl sites for hydroxylation is 1. The molecule has 27 heavy (non-hydrogen) atoms. The molecular weight excluding hydrogens is 358 g/mol. The van der Waals surface area contributed by atoms with Crippen molar-refractivity contribution >= 4 is 35.2 Å². The summed E-state index contributed by atoms with van der Waals surface area (Å²) in [7, 11) is 1.86. The van der Waals surface area contributed by atoms with Gasteiger partial charge in [0.2, 0.25) is 5.91 Å². The Bertz CT molecular complexity index is 852. The number of rotatable bonds is 6. The highest BCUT2D eigenvalue weighted by atomic mass is 32.1. The van der Waals surface area contributed by atoms with Gasteiger partial charge in [-0.2, -0.15) is 0 Å².